The van der Waals surface area contributed by atoms with E-state index in [1.807, 2.05) is 12.1 Å². The lowest BCUT2D eigenvalue weighted by atomic mass is 9.86. The van der Waals surface area contributed by atoms with Crippen LogP contribution in [0.15, 0.2) is 24.3 Å². The van der Waals surface area contributed by atoms with Gasteiger partial charge in [-0.2, -0.15) is 5.26 Å². The molecule has 1 heterocycles. The first-order valence-electron chi connectivity index (χ1n) is 6.69. The minimum Gasteiger partial charge on any atom is -0.298 e. The van der Waals surface area contributed by atoms with Crippen molar-refractivity contribution in [2.45, 2.75) is 38.6 Å². The van der Waals surface area contributed by atoms with Crippen molar-refractivity contribution in [2.75, 3.05) is 13.1 Å². The predicted molar refractivity (Wildman–Crippen MR) is 74.8 cm³/mol. The molecule has 1 saturated heterocycles. The second kappa shape index (κ2) is 5.14. The van der Waals surface area contributed by atoms with E-state index >= 15 is 0 Å². The van der Waals surface area contributed by atoms with Gasteiger partial charge in [0.05, 0.1) is 18.2 Å². The third kappa shape index (κ3) is 3.02. The summed E-state index contributed by atoms with van der Waals surface area (Å²) in [5.41, 5.74) is 1.73. The van der Waals surface area contributed by atoms with Crippen molar-refractivity contribution in [1.82, 2.24) is 4.90 Å². The summed E-state index contributed by atoms with van der Waals surface area (Å²) in [5.74, 6) is 0.275. The molecule has 0 spiro atoms. The van der Waals surface area contributed by atoms with Gasteiger partial charge in [0.25, 0.3) is 0 Å². The maximum absolute atomic E-state index is 12.3. The summed E-state index contributed by atoms with van der Waals surface area (Å²) in [4.78, 5) is 14.5. The number of nitriles is 1. The number of hydrogen-bond donors (Lipinski definition) is 0. The highest BCUT2D eigenvalue weighted by atomic mass is 16.1. The number of carbonyl (C=O) groups is 1. The molecule has 1 aliphatic heterocycles. The van der Waals surface area contributed by atoms with Gasteiger partial charge < -0.3 is 0 Å². The summed E-state index contributed by atoms with van der Waals surface area (Å²) >= 11 is 0. The monoisotopic (exact) mass is 256 g/mol. The maximum Gasteiger partial charge on any atom is 0.154 e. The first-order valence-corrected chi connectivity index (χ1v) is 6.69. The fraction of sp³-hybridized carbons (Fsp3) is 0.500. The molecule has 19 heavy (non-hydrogen) atoms. The molecule has 0 amide bonds. The Morgan fingerprint density at radius 2 is 1.89 bits per heavy atom. The van der Waals surface area contributed by atoms with Crippen LogP contribution in [0.25, 0.3) is 0 Å². The largest absolute Gasteiger partial charge is 0.298 e. The summed E-state index contributed by atoms with van der Waals surface area (Å²) in [5, 5.41) is 8.79. The van der Waals surface area contributed by atoms with Gasteiger partial charge in [-0.15, -0.1) is 0 Å². The molecular weight excluding hydrogens is 236 g/mol. The molecule has 0 saturated carbocycles. The number of rotatable bonds is 1. The van der Waals surface area contributed by atoms with Crippen LogP contribution in [0.2, 0.25) is 0 Å². The van der Waals surface area contributed by atoms with Crippen LogP contribution in [0.5, 0.6) is 0 Å². The second-order valence-electron chi connectivity index (χ2n) is 6.13. The number of carbonyl (C=O) groups excluding carboxylic acids is 1. The number of Topliss-reactive ketones (excluding diaryl/α,β-unsaturated/α-hetero) is 1. The van der Waals surface area contributed by atoms with E-state index < -0.39 is 0 Å². The lowest BCUT2D eigenvalue weighted by Crippen LogP contribution is -2.49. The molecule has 0 bridgehead atoms. The molecule has 1 aromatic rings. The van der Waals surface area contributed by atoms with Gasteiger partial charge in [-0.1, -0.05) is 12.1 Å². The van der Waals surface area contributed by atoms with Crippen molar-refractivity contribution < 1.29 is 4.79 Å². The summed E-state index contributed by atoms with van der Waals surface area (Å²) in [6.07, 6.45) is 0.863. The molecule has 1 unspecified atom stereocenters. The molecule has 0 N–H and O–H groups in total. The summed E-state index contributed by atoms with van der Waals surface area (Å²) in [7, 11) is 0. The molecule has 1 aromatic carbocycles. The number of nitrogens with zero attached hydrogens (tertiary/aromatic N) is 2. The van der Waals surface area contributed by atoms with Crippen LogP contribution in [-0.4, -0.2) is 29.3 Å². The molecule has 0 aliphatic carbocycles. The normalized spacial score (nSPS) is 21.2. The Balaban J connectivity index is 2.12. The van der Waals surface area contributed by atoms with Crippen LogP contribution in [0, 0.1) is 11.3 Å². The van der Waals surface area contributed by atoms with Crippen LogP contribution in [0.1, 0.15) is 44.2 Å². The zero-order valence-electron chi connectivity index (χ0n) is 11.8. The average molecular weight is 256 g/mol. The highest BCUT2D eigenvalue weighted by molar-refractivity contribution is 5.88. The highest BCUT2D eigenvalue weighted by Gasteiger charge is 2.33. The van der Waals surface area contributed by atoms with E-state index in [0.717, 1.165) is 18.5 Å². The van der Waals surface area contributed by atoms with E-state index in [-0.39, 0.29) is 17.2 Å². The lowest BCUT2D eigenvalue weighted by molar-refractivity contribution is -0.125. The minimum atomic E-state index is -0.00802. The van der Waals surface area contributed by atoms with Crippen molar-refractivity contribution in [3.8, 4) is 6.07 Å². The fourth-order valence-electron chi connectivity index (χ4n) is 2.54. The molecule has 0 radical (unpaired) electrons. The molecule has 100 valence electrons. The van der Waals surface area contributed by atoms with E-state index in [9.17, 15) is 4.79 Å². The third-order valence-electron chi connectivity index (χ3n) is 3.81. The fourth-order valence-corrected chi connectivity index (χ4v) is 2.54. The van der Waals surface area contributed by atoms with E-state index in [4.69, 9.17) is 5.26 Å². The summed E-state index contributed by atoms with van der Waals surface area (Å²) < 4.78 is 0. The van der Waals surface area contributed by atoms with Crippen molar-refractivity contribution >= 4 is 5.78 Å². The first kappa shape index (κ1) is 13.8. The van der Waals surface area contributed by atoms with Crippen molar-refractivity contribution in [3.05, 3.63) is 35.4 Å². The van der Waals surface area contributed by atoms with Crippen molar-refractivity contribution in [2.24, 2.45) is 0 Å². The Bertz CT molecular complexity index is 505. The predicted octanol–water partition coefficient (Wildman–Crippen LogP) is 2.72. The Kier molecular flexibility index (Phi) is 3.73. The van der Waals surface area contributed by atoms with Gasteiger partial charge in [-0.25, -0.2) is 0 Å². The third-order valence-corrected chi connectivity index (χ3v) is 3.81. The van der Waals surface area contributed by atoms with Gasteiger partial charge in [0.2, 0.25) is 0 Å². The van der Waals surface area contributed by atoms with E-state index in [1.165, 1.54) is 0 Å². The Hall–Kier alpha value is -1.66. The summed E-state index contributed by atoms with van der Waals surface area (Å²) in [6, 6.07) is 9.50. The number of ketones is 1. The Labute approximate surface area is 114 Å². The van der Waals surface area contributed by atoms with E-state index in [2.05, 4.69) is 31.7 Å². The van der Waals surface area contributed by atoms with E-state index in [0.29, 0.717) is 12.1 Å². The van der Waals surface area contributed by atoms with Gasteiger partial charge in [0.15, 0.2) is 5.78 Å². The summed E-state index contributed by atoms with van der Waals surface area (Å²) in [6.45, 7) is 7.89. The SMILES string of the molecule is CC(C)(C)N1CCC(c2ccc(C#N)cc2)C(=O)C1. The van der Waals surface area contributed by atoms with Gasteiger partial charge in [-0.05, 0) is 44.9 Å². The van der Waals surface area contributed by atoms with Crippen LogP contribution < -0.4 is 0 Å². The van der Waals surface area contributed by atoms with Crippen molar-refractivity contribution in [1.29, 1.82) is 5.26 Å². The van der Waals surface area contributed by atoms with Gasteiger partial charge >= 0.3 is 0 Å². The average Bonchev–Trinajstić information content (AvgIpc) is 2.38. The standard InChI is InChI=1S/C16H20N2O/c1-16(2,3)18-9-8-14(15(19)11-18)13-6-4-12(10-17)5-7-13/h4-7,14H,8-9,11H2,1-3H3. The Morgan fingerprint density at radius 1 is 1.26 bits per heavy atom. The zero-order valence-corrected chi connectivity index (χ0v) is 11.8. The van der Waals surface area contributed by atoms with Crippen LogP contribution in [0.3, 0.4) is 0 Å². The van der Waals surface area contributed by atoms with Gasteiger partial charge in [0.1, 0.15) is 0 Å². The topological polar surface area (TPSA) is 44.1 Å². The van der Waals surface area contributed by atoms with Gasteiger partial charge in [0, 0.05) is 18.0 Å². The number of piperidine rings is 1. The molecule has 3 nitrogen and oxygen atoms in total. The smallest absolute Gasteiger partial charge is 0.154 e. The molecule has 3 heteroatoms. The number of likely N-dealkylation sites (tertiary alicyclic amines) is 1. The minimum absolute atomic E-state index is 0.00802. The zero-order chi connectivity index (χ0) is 14.0. The number of hydrogen-bond acceptors (Lipinski definition) is 3. The van der Waals surface area contributed by atoms with Crippen LogP contribution in [-0.2, 0) is 4.79 Å². The van der Waals surface area contributed by atoms with Crippen LogP contribution in [0.4, 0.5) is 0 Å². The lowest BCUT2D eigenvalue weighted by Gasteiger charge is -2.40. The molecular formula is C16H20N2O. The van der Waals surface area contributed by atoms with E-state index in [1.54, 1.807) is 12.1 Å². The Morgan fingerprint density at radius 3 is 2.37 bits per heavy atom. The molecule has 2 rings (SSSR count). The van der Waals surface area contributed by atoms with Crippen molar-refractivity contribution in [3.63, 3.8) is 0 Å². The maximum atomic E-state index is 12.3. The van der Waals surface area contributed by atoms with Gasteiger partial charge in [-0.3, -0.25) is 9.69 Å². The second-order valence-corrected chi connectivity index (χ2v) is 6.13. The highest BCUT2D eigenvalue weighted by Crippen LogP contribution is 2.28. The molecule has 0 aromatic heterocycles. The molecule has 1 aliphatic rings. The molecule has 1 atom stereocenters. The molecule has 1 fully saturated rings. The first-order chi connectivity index (χ1) is 8.91. The number of benzene rings is 1. The quantitative estimate of drug-likeness (QED) is 0.776. The van der Waals surface area contributed by atoms with Crippen LogP contribution >= 0.6 is 0 Å².